The fourth-order valence-electron chi connectivity index (χ4n) is 4.30. The summed E-state index contributed by atoms with van der Waals surface area (Å²) in [6.07, 6.45) is 1.44. The Morgan fingerprint density at radius 2 is 1.82 bits per heavy atom. The Labute approximate surface area is 229 Å². The summed E-state index contributed by atoms with van der Waals surface area (Å²) < 4.78 is 18.9. The van der Waals surface area contributed by atoms with Crippen molar-refractivity contribution in [1.29, 1.82) is 0 Å². The largest absolute Gasteiger partial charge is 0.490 e. The number of methoxy groups -OCH3 is 1. The molecule has 0 unspecified atom stereocenters. The summed E-state index contributed by atoms with van der Waals surface area (Å²) >= 11 is 12.2. The van der Waals surface area contributed by atoms with Crippen LogP contribution in [-0.2, 0) is 16.1 Å². The first-order valence-electron chi connectivity index (χ1n) is 11.9. The third-order valence-corrected chi connectivity index (χ3v) is 6.77. The van der Waals surface area contributed by atoms with E-state index in [4.69, 9.17) is 37.4 Å². The van der Waals surface area contributed by atoms with Crippen molar-refractivity contribution in [2.24, 2.45) is 0 Å². The summed E-state index contributed by atoms with van der Waals surface area (Å²) in [6, 6.07) is 19.8. The van der Waals surface area contributed by atoms with Crippen molar-refractivity contribution in [1.82, 2.24) is 14.8 Å². The summed E-state index contributed by atoms with van der Waals surface area (Å²) in [7, 11) is 1.36. The minimum Gasteiger partial charge on any atom is -0.490 e. The average Bonchev–Trinajstić information content (AvgIpc) is 3.42. The molecule has 2 heterocycles. The molecule has 1 aliphatic heterocycles. The molecule has 0 spiro atoms. The number of hydrogen-bond donors (Lipinski definition) is 1. The van der Waals surface area contributed by atoms with Crippen molar-refractivity contribution in [2.75, 3.05) is 19.0 Å². The topological polar surface area (TPSA) is 87.5 Å². The molecule has 1 N–H and O–H groups in total. The van der Waals surface area contributed by atoms with Crippen LogP contribution >= 0.6 is 23.2 Å². The van der Waals surface area contributed by atoms with Gasteiger partial charge >= 0.3 is 5.97 Å². The molecule has 0 saturated heterocycles. The second-order valence-electron chi connectivity index (χ2n) is 8.38. The van der Waals surface area contributed by atoms with Gasteiger partial charge in [0.2, 0.25) is 5.95 Å². The van der Waals surface area contributed by atoms with E-state index in [9.17, 15) is 4.79 Å². The molecule has 10 heteroatoms. The number of anilines is 1. The number of ether oxygens (including phenoxy) is 3. The maximum atomic E-state index is 13.2. The second-order valence-corrected chi connectivity index (χ2v) is 9.19. The zero-order valence-corrected chi connectivity index (χ0v) is 22.2. The SMILES string of the molecule is CCOc1cc([C@@H]2C(C(=O)OC)=C(c3ccccc3)Nc3ncnn32)ccc1OCc1ccc(Cl)c(Cl)c1. The molecule has 1 aromatic heterocycles. The smallest absolute Gasteiger partial charge is 0.338 e. The van der Waals surface area contributed by atoms with E-state index in [2.05, 4.69) is 15.4 Å². The van der Waals surface area contributed by atoms with Crippen LogP contribution in [-0.4, -0.2) is 34.5 Å². The van der Waals surface area contributed by atoms with Gasteiger partial charge in [0.05, 0.1) is 35.0 Å². The van der Waals surface area contributed by atoms with Crippen LogP contribution < -0.4 is 14.8 Å². The predicted molar refractivity (Wildman–Crippen MR) is 146 cm³/mol. The standard InChI is InChI=1S/C28H24Cl2N4O4/c1-3-37-23-14-19(10-12-22(23)38-15-17-9-11-20(29)21(30)13-17)26-24(27(35)36-2)25(18-7-5-4-6-8-18)33-28-31-16-32-34(26)28/h4-14,16,26H,3,15H2,1-2H3,(H,31,32,33)/t26-/m1/s1. The fourth-order valence-corrected chi connectivity index (χ4v) is 4.62. The average molecular weight is 551 g/mol. The monoisotopic (exact) mass is 550 g/mol. The highest BCUT2D eigenvalue weighted by Gasteiger charge is 2.36. The van der Waals surface area contributed by atoms with E-state index in [0.717, 1.165) is 16.7 Å². The highest BCUT2D eigenvalue weighted by Crippen LogP contribution is 2.41. The molecule has 4 aromatic rings. The fraction of sp³-hybridized carbons (Fsp3) is 0.179. The predicted octanol–water partition coefficient (Wildman–Crippen LogP) is 6.16. The quantitative estimate of drug-likeness (QED) is 0.263. The summed E-state index contributed by atoms with van der Waals surface area (Å²) in [5.41, 5.74) is 3.42. The first-order chi connectivity index (χ1) is 18.5. The summed E-state index contributed by atoms with van der Waals surface area (Å²) in [5.74, 6) is 1.08. The Kier molecular flexibility index (Phi) is 7.53. The van der Waals surface area contributed by atoms with Gasteiger partial charge in [-0.1, -0.05) is 65.7 Å². The molecule has 3 aromatic carbocycles. The van der Waals surface area contributed by atoms with Crippen LogP contribution in [0, 0.1) is 0 Å². The van der Waals surface area contributed by atoms with Crippen LogP contribution in [0.5, 0.6) is 11.5 Å². The third kappa shape index (κ3) is 5.05. The van der Waals surface area contributed by atoms with Gasteiger partial charge in [0.25, 0.3) is 0 Å². The van der Waals surface area contributed by atoms with Gasteiger partial charge in [-0.2, -0.15) is 10.1 Å². The molecule has 0 amide bonds. The molecule has 194 valence electrons. The molecule has 0 saturated carbocycles. The first kappa shape index (κ1) is 25.6. The lowest BCUT2D eigenvalue weighted by Gasteiger charge is -2.29. The Hall–Kier alpha value is -4.01. The van der Waals surface area contributed by atoms with Gasteiger partial charge in [0.1, 0.15) is 19.0 Å². The zero-order valence-electron chi connectivity index (χ0n) is 20.7. The number of nitrogens with one attached hydrogen (secondary N) is 1. The van der Waals surface area contributed by atoms with Gasteiger partial charge in [-0.05, 0) is 47.9 Å². The van der Waals surface area contributed by atoms with Crippen LogP contribution in [0.15, 0.2) is 78.6 Å². The number of hydrogen-bond acceptors (Lipinski definition) is 7. The molecular weight excluding hydrogens is 527 g/mol. The molecule has 1 aliphatic rings. The zero-order chi connectivity index (χ0) is 26.6. The summed E-state index contributed by atoms with van der Waals surface area (Å²) in [5, 5.41) is 8.59. The Bertz CT molecular complexity index is 1500. The van der Waals surface area contributed by atoms with E-state index in [0.29, 0.717) is 45.4 Å². The number of benzene rings is 3. The molecule has 0 bridgehead atoms. The second kappa shape index (κ2) is 11.2. The summed E-state index contributed by atoms with van der Waals surface area (Å²) in [6.45, 7) is 2.58. The highest BCUT2D eigenvalue weighted by molar-refractivity contribution is 6.42. The number of halogens is 2. The van der Waals surface area contributed by atoms with E-state index in [1.807, 2.05) is 61.5 Å². The Balaban J connectivity index is 1.57. The normalized spacial score (nSPS) is 14.5. The van der Waals surface area contributed by atoms with Crippen molar-refractivity contribution >= 4 is 40.8 Å². The number of nitrogens with zero attached hydrogens (tertiary/aromatic N) is 3. The molecule has 8 nitrogen and oxygen atoms in total. The van der Waals surface area contributed by atoms with Gasteiger partial charge in [-0.25, -0.2) is 9.48 Å². The molecule has 0 aliphatic carbocycles. The lowest BCUT2D eigenvalue weighted by molar-refractivity contribution is -0.136. The van der Waals surface area contributed by atoms with Crippen LogP contribution in [0.2, 0.25) is 10.0 Å². The number of carbonyl (C=O) groups excluding carboxylic acids is 1. The minimum atomic E-state index is -0.625. The van der Waals surface area contributed by atoms with Crippen molar-refractivity contribution in [3.63, 3.8) is 0 Å². The molecule has 38 heavy (non-hydrogen) atoms. The Morgan fingerprint density at radius 1 is 1.00 bits per heavy atom. The van der Waals surface area contributed by atoms with Crippen molar-refractivity contribution in [2.45, 2.75) is 19.6 Å². The van der Waals surface area contributed by atoms with Gasteiger partial charge in [0, 0.05) is 0 Å². The number of rotatable bonds is 8. The van der Waals surface area contributed by atoms with E-state index < -0.39 is 12.0 Å². The minimum absolute atomic E-state index is 0.266. The van der Waals surface area contributed by atoms with Crippen molar-refractivity contribution in [3.05, 3.63) is 105 Å². The maximum Gasteiger partial charge on any atom is 0.338 e. The molecule has 5 rings (SSSR count). The van der Waals surface area contributed by atoms with E-state index in [-0.39, 0.29) is 6.61 Å². The van der Waals surface area contributed by atoms with Crippen molar-refractivity contribution in [3.8, 4) is 11.5 Å². The van der Waals surface area contributed by atoms with Crippen LogP contribution in [0.3, 0.4) is 0 Å². The third-order valence-electron chi connectivity index (χ3n) is 6.03. The molecule has 1 atom stereocenters. The number of esters is 1. The molecule has 0 fully saturated rings. The van der Waals surface area contributed by atoms with Crippen molar-refractivity contribution < 1.29 is 19.0 Å². The van der Waals surface area contributed by atoms with Gasteiger partial charge < -0.3 is 19.5 Å². The van der Waals surface area contributed by atoms with Gasteiger partial charge in [-0.15, -0.1) is 0 Å². The van der Waals surface area contributed by atoms with E-state index in [1.54, 1.807) is 16.8 Å². The van der Waals surface area contributed by atoms with Gasteiger partial charge in [-0.3, -0.25) is 0 Å². The first-order valence-corrected chi connectivity index (χ1v) is 12.6. The van der Waals surface area contributed by atoms with Gasteiger partial charge in [0.15, 0.2) is 11.5 Å². The molecular formula is C28H24Cl2N4O4. The maximum absolute atomic E-state index is 13.2. The number of carbonyl (C=O) groups is 1. The lowest BCUT2D eigenvalue weighted by Crippen LogP contribution is -2.29. The summed E-state index contributed by atoms with van der Waals surface area (Å²) in [4.78, 5) is 17.6. The number of fused-ring (bicyclic) bond motifs is 1. The van der Waals surface area contributed by atoms with E-state index >= 15 is 0 Å². The Morgan fingerprint density at radius 3 is 2.55 bits per heavy atom. The van der Waals surface area contributed by atoms with Crippen LogP contribution in [0.4, 0.5) is 5.95 Å². The molecule has 0 radical (unpaired) electrons. The van der Waals surface area contributed by atoms with Crippen LogP contribution in [0.1, 0.15) is 29.7 Å². The van der Waals surface area contributed by atoms with Crippen LogP contribution in [0.25, 0.3) is 5.70 Å². The van der Waals surface area contributed by atoms with E-state index in [1.165, 1.54) is 13.4 Å². The lowest BCUT2D eigenvalue weighted by atomic mass is 9.92. The highest BCUT2D eigenvalue weighted by atomic mass is 35.5. The number of aromatic nitrogens is 3.